The summed E-state index contributed by atoms with van der Waals surface area (Å²) in [5.41, 5.74) is -0.403. The van der Waals surface area contributed by atoms with E-state index in [9.17, 15) is 17.2 Å². The molecule has 1 aromatic heterocycles. The fourth-order valence-electron chi connectivity index (χ4n) is 1.42. The average Bonchev–Trinajstić information content (AvgIpc) is 2.38. The average molecular weight is 295 g/mol. The van der Waals surface area contributed by atoms with Gasteiger partial charge in [0.1, 0.15) is 17.7 Å². The summed E-state index contributed by atoms with van der Waals surface area (Å²) in [6.45, 7) is 0. The summed E-state index contributed by atoms with van der Waals surface area (Å²) >= 11 is 0. The van der Waals surface area contributed by atoms with Crippen LogP contribution in [0.5, 0.6) is 0 Å². The van der Waals surface area contributed by atoms with Gasteiger partial charge in [-0.25, -0.2) is 17.8 Å². The van der Waals surface area contributed by atoms with Gasteiger partial charge < -0.3 is 0 Å². The number of hydrogen-bond acceptors (Lipinski definition) is 4. The highest BCUT2D eigenvalue weighted by atomic mass is 32.2. The number of benzene rings is 1. The van der Waals surface area contributed by atoms with E-state index in [1.54, 1.807) is 0 Å². The van der Waals surface area contributed by atoms with Crippen LogP contribution in [0.2, 0.25) is 0 Å². The molecule has 0 aliphatic carbocycles. The number of pyridine rings is 1. The molecular formula is C12H7F2N3O2S. The third-order valence-corrected chi connectivity index (χ3v) is 3.68. The molecule has 0 radical (unpaired) electrons. The Hall–Kier alpha value is -2.53. The summed E-state index contributed by atoms with van der Waals surface area (Å²) in [4.78, 5) is 3.03. The Balaban J connectivity index is 2.39. The Morgan fingerprint density at radius 3 is 2.60 bits per heavy atom. The van der Waals surface area contributed by atoms with Gasteiger partial charge in [0.2, 0.25) is 5.95 Å². The lowest BCUT2D eigenvalue weighted by molar-refractivity contribution is 0.584. The number of nitriles is 1. The molecule has 0 aliphatic rings. The quantitative estimate of drug-likeness (QED) is 0.878. The van der Waals surface area contributed by atoms with Crippen LogP contribution in [0.3, 0.4) is 0 Å². The molecule has 1 aromatic carbocycles. The maximum absolute atomic E-state index is 13.1. The van der Waals surface area contributed by atoms with Gasteiger partial charge in [0, 0.05) is 0 Å². The fraction of sp³-hybridized carbons (Fsp3) is 0. The summed E-state index contributed by atoms with van der Waals surface area (Å²) in [5.74, 6) is -1.88. The molecule has 0 aliphatic heterocycles. The van der Waals surface area contributed by atoms with Crippen molar-refractivity contribution in [2.45, 2.75) is 4.90 Å². The van der Waals surface area contributed by atoms with Crippen LogP contribution >= 0.6 is 0 Å². The molecule has 2 rings (SSSR count). The van der Waals surface area contributed by atoms with Gasteiger partial charge in [-0.05, 0) is 30.3 Å². The number of nitrogens with zero attached hydrogens (tertiary/aromatic N) is 2. The first kappa shape index (κ1) is 13.9. The molecule has 102 valence electrons. The second kappa shape index (κ2) is 5.22. The molecule has 0 atom stereocenters. The molecule has 0 spiro atoms. The monoisotopic (exact) mass is 295 g/mol. The molecule has 5 nitrogen and oxygen atoms in total. The molecule has 1 N–H and O–H groups in total. The molecular weight excluding hydrogens is 288 g/mol. The number of rotatable bonds is 3. The second-order valence-electron chi connectivity index (χ2n) is 3.70. The van der Waals surface area contributed by atoms with Crippen molar-refractivity contribution in [2.75, 3.05) is 4.72 Å². The highest BCUT2D eigenvalue weighted by Crippen LogP contribution is 2.17. The van der Waals surface area contributed by atoms with Crippen LogP contribution in [0, 0.1) is 23.1 Å². The summed E-state index contributed by atoms with van der Waals surface area (Å²) in [6, 6.07) is 7.89. The lowest BCUT2D eigenvalue weighted by atomic mass is 10.2. The number of nitrogens with one attached hydrogen (secondary N) is 1. The first-order chi connectivity index (χ1) is 9.42. The van der Waals surface area contributed by atoms with Crippen LogP contribution in [-0.4, -0.2) is 13.4 Å². The Morgan fingerprint density at radius 2 is 1.95 bits per heavy atom. The van der Waals surface area contributed by atoms with Crippen molar-refractivity contribution in [3.63, 3.8) is 0 Å². The first-order valence-corrected chi connectivity index (χ1v) is 6.76. The van der Waals surface area contributed by atoms with Crippen molar-refractivity contribution < 1.29 is 17.2 Å². The number of sulfonamides is 1. The molecule has 0 amide bonds. The van der Waals surface area contributed by atoms with Gasteiger partial charge in [0.25, 0.3) is 10.0 Å². The number of halogens is 2. The molecule has 0 bridgehead atoms. The van der Waals surface area contributed by atoms with Gasteiger partial charge in [0.15, 0.2) is 0 Å². The predicted molar refractivity (Wildman–Crippen MR) is 66.1 cm³/mol. The molecule has 8 heteroatoms. The molecule has 1 heterocycles. The van der Waals surface area contributed by atoms with E-state index in [1.165, 1.54) is 18.2 Å². The minimum absolute atomic E-state index is 0.215. The van der Waals surface area contributed by atoms with Gasteiger partial charge in [-0.3, -0.25) is 4.72 Å². The topological polar surface area (TPSA) is 82.8 Å². The minimum atomic E-state index is -4.08. The lowest BCUT2D eigenvalue weighted by Crippen LogP contribution is -2.14. The summed E-state index contributed by atoms with van der Waals surface area (Å²) < 4.78 is 52.0. The molecule has 20 heavy (non-hydrogen) atoms. The van der Waals surface area contributed by atoms with Crippen molar-refractivity contribution in [3.05, 3.63) is 53.7 Å². The van der Waals surface area contributed by atoms with Crippen LogP contribution in [0.1, 0.15) is 5.56 Å². The van der Waals surface area contributed by atoms with Gasteiger partial charge in [-0.15, -0.1) is 0 Å². The van der Waals surface area contributed by atoms with Gasteiger partial charge in [-0.1, -0.05) is 6.07 Å². The van der Waals surface area contributed by atoms with E-state index in [4.69, 9.17) is 5.26 Å². The number of aromatic nitrogens is 1. The van der Waals surface area contributed by atoms with Crippen molar-refractivity contribution in [1.82, 2.24) is 4.98 Å². The van der Waals surface area contributed by atoms with Crippen molar-refractivity contribution in [2.24, 2.45) is 0 Å². The summed E-state index contributed by atoms with van der Waals surface area (Å²) in [7, 11) is -4.08. The maximum Gasteiger partial charge on any atom is 0.263 e. The predicted octanol–water partition coefficient (Wildman–Crippen LogP) is 2.03. The third-order valence-electron chi connectivity index (χ3n) is 2.32. The Labute approximate surface area is 113 Å². The van der Waals surface area contributed by atoms with E-state index in [0.717, 1.165) is 24.3 Å². The third kappa shape index (κ3) is 2.89. The van der Waals surface area contributed by atoms with E-state index >= 15 is 0 Å². The molecule has 0 saturated carbocycles. The maximum atomic E-state index is 13.1. The smallest absolute Gasteiger partial charge is 0.263 e. The minimum Gasteiger partial charge on any atom is -0.263 e. The number of hydrogen-bond donors (Lipinski definition) is 1. The Morgan fingerprint density at radius 1 is 1.20 bits per heavy atom. The van der Waals surface area contributed by atoms with Crippen molar-refractivity contribution in [1.29, 1.82) is 5.26 Å². The zero-order valence-electron chi connectivity index (χ0n) is 9.84. The van der Waals surface area contributed by atoms with Gasteiger partial charge >= 0.3 is 0 Å². The fourth-order valence-corrected chi connectivity index (χ4v) is 2.45. The molecule has 0 fully saturated rings. The molecule has 0 saturated heterocycles. The van der Waals surface area contributed by atoms with E-state index in [1.807, 2.05) is 4.72 Å². The van der Waals surface area contributed by atoms with E-state index < -0.39 is 27.4 Å². The van der Waals surface area contributed by atoms with Crippen LogP contribution in [0.4, 0.5) is 14.6 Å². The molecule has 0 unspecified atom stereocenters. The second-order valence-corrected chi connectivity index (χ2v) is 5.39. The zero-order valence-corrected chi connectivity index (χ0v) is 10.7. The normalized spacial score (nSPS) is 10.8. The van der Waals surface area contributed by atoms with E-state index in [-0.39, 0.29) is 10.7 Å². The van der Waals surface area contributed by atoms with Crippen LogP contribution in [0.25, 0.3) is 0 Å². The summed E-state index contributed by atoms with van der Waals surface area (Å²) in [5, 5.41) is 8.67. The van der Waals surface area contributed by atoms with Crippen LogP contribution in [-0.2, 0) is 10.0 Å². The zero-order chi connectivity index (χ0) is 14.8. The standard InChI is InChI=1S/C12H7F2N3O2S/c13-10-5-4-9(6-8(10)7-15)20(18,19)17-12-3-1-2-11(14)16-12/h1-6H,(H,16,17). The van der Waals surface area contributed by atoms with Crippen LogP contribution in [0.15, 0.2) is 41.3 Å². The van der Waals surface area contributed by atoms with Crippen LogP contribution < -0.4 is 4.72 Å². The Kier molecular flexibility index (Phi) is 3.63. The molecule has 2 aromatic rings. The largest absolute Gasteiger partial charge is 0.263 e. The van der Waals surface area contributed by atoms with Gasteiger partial charge in [-0.2, -0.15) is 9.65 Å². The van der Waals surface area contributed by atoms with E-state index in [2.05, 4.69) is 4.98 Å². The highest BCUT2D eigenvalue weighted by molar-refractivity contribution is 7.92. The first-order valence-electron chi connectivity index (χ1n) is 5.27. The summed E-state index contributed by atoms with van der Waals surface area (Å²) in [6.07, 6.45) is 0. The lowest BCUT2D eigenvalue weighted by Gasteiger charge is -2.07. The number of anilines is 1. The Bertz CT molecular complexity index is 801. The SMILES string of the molecule is N#Cc1cc(S(=O)(=O)Nc2cccc(F)n2)ccc1F. The van der Waals surface area contributed by atoms with E-state index in [0.29, 0.717) is 0 Å². The highest BCUT2D eigenvalue weighted by Gasteiger charge is 2.17. The van der Waals surface area contributed by atoms with Crippen molar-refractivity contribution in [3.8, 4) is 6.07 Å². The van der Waals surface area contributed by atoms with Crippen molar-refractivity contribution >= 4 is 15.8 Å². The van der Waals surface area contributed by atoms with Gasteiger partial charge in [0.05, 0.1) is 10.5 Å².